The Morgan fingerprint density at radius 2 is 1.86 bits per heavy atom. The van der Waals surface area contributed by atoms with Gasteiger partial charge in [0.1, 0.15) is 11.3 Å². The molecule has 1 aromatic heterocycles. The lowest BCUT2D eigenvalue weighted by Gasteiger charge is -2.17. The lowest BCUT2D eigenvalue weighted by atomic mass is 10.1. The van der Waals surface area contributed by atoms with Crippen molar-refractivity contribution in [3.05, 3.63) is 70.1 Å². The molecule has 3 rings (SSSR count). The van der Waals surface area contributed by atoms with Gasteiger partial charge in [-0.15, -0.1) is 0 Å². The number of halogens is 3. The molecule has 3 aromatic rings. The molecular weight excluding hydrogens is 375 g/mol. The number of para-hydroxylation sites is 1. The zero-order valence-electron chi connectivity index (χ0n) is 15.0. The van der Waals surface area contributed by atoms with Crippen LogP contribution in [0.3, 0.4) is 0 Å². The smallest absolute Gasteiger partial charge is 0.418 e. The topological polar surface area (TPSA) is 68.5 Å². The number of amides is 1. The molecular formula is C20H16F3NO4. The van der Waals surface area contributed by atoms with E-state index in [-0.39, 0.29) is 17.0 Å². The van der Waals surface area contributed by atoms with Crippen molar-refractivity contribution in [3.63, 3.8) is 0 Å². The first-order chi connectivity index (χ1) is 13.1. The van der Waals surface area contributed by atoms with E-state index in [1.807, 2.05) is 0 Å². The fraction of sp³-hybridized carbons (Fsp3) is 0.200. The predicted molar refractivity (Wildman–Crippen MR) is 97.4 cm³/mol. The Kier molecular flexibility index (Phi) is 5.13. The van der Waals surface area contributed by atoms with E-state index < -0.39 is 29.4 Å². The van der Waals surface area contributed by atoms with Gasteiger partial charge in [0.25, 0.3) is 5.91 Å². The van der Waals surface area contributed by atoms with Gasteiger partial charge in [-0.25, -0.2) is 4.79 Å². The summed E-state index contributed by atoms with van der Waals surface area (Å²) in [7, 11) is 0. The number of fused-ring (bicyclic) bond motifs is 1. The minimum absolute atomic E-state index is 0.244. The van der Waals surface area contributed by atoms with Crippen molar-refractivity contribution < 1.29 is 27.1 Å². The van der Waals surface area contributed by atoms with Crippen LogP contribution in [-0.2, 0) is 11.0 Å². The summed E-state index contributed by atoms with van der Waals surface area (Å²) in [5.74, 6) is -0.504. The molecule has 0 aliphatic heterocycles. The Hall–Kier alpha value is -3.29. The lowest BCUT2D eigenvalue weighted by Crippen LogP contribution is -2.31. The van der Waals surface area contributed by atoms with Crippen molar-refractivity contribution >= 4 is 22.6 Å². The molecule has 0 aliphatic carbocycles. The van der Waals surface area contributed by atoms with Gasteiger partial charge in [0.05, 0.1) is 11.3 Å². The molecule has 5 nitrogen and oxygen atoms in total. The molecule has 8 heteroatoms. The minimum Gasteiger partial charge on any atom is -0.481 e. The van der Waals surface area contributed by atoms with Gasteiger partial charge in [-0.2, -0.15) is 13.2 Å². The summed E-state index contributed by atoms with van der Waals surface area (Å²) in [6.45, 7) is 3.16. The quantitative estimate of drug-likeness (QED) is 0.664. The van der Waals surface area contributed by atoms with Crippen molar-refractivity contribution in [2.24, 2.45) is 0 Å². The summed E-state index contributed by atoms with van der Waals surface area (Å²) in [6.07, 6.45) is -5.68. The summed E-state index contributed by atoms with van der Waals surface area (Å²) in [6, 6.07) is 10.8. The first kappa shape index (κ1) is 19.5. The van der Waals surface area contributed by atoms with Gasteiger partial charge in [0.2, 0.25) is 0 Å². The maximum Gasteiger partial charge on any atom is 0.418 e. The van der Waals surface area contributed by atoms with Gasteiger partial charge in [0.15, 0.2) is 6.10 Å². The highest BCUT2D eigenvalue weighted by atomic mass is 19.4. The number of hydrogen-bond acceptors (Lipinski definition) is 4. The summed E-state index contributed by atoms with van der Waals surface area (Å²) in [5, 5.41) is 2.95. The molecule has 1 amide bonds. The van der Waals surface area contributed by atoms with Crippen molar-refractivity contribution in [1.82, 2.24) is 0 Å². The van der Waals surface area contributed by atoms with Gasteiger partial charge in [-0.05, 0) is 43.7 Å². The largest absolute Gasteiger partial charge is 0.481 e. The van der Waals surface area contributed by atoms with Crippen LogP contribution in [0.25, 0.3) is 11.0 Å². The maximum absolute atomic E-state index is 13.0. The van der Waals surface area contributed by atoms with E-state index in [2.05, 4.69) is 5.32 Å². The van der Waals surface area contributed by atoms with Gasteiger partial charge in [-0.3, -0.25) is 4.79 Å². The third-order valence-electron chi connectivity index (χ3n) is 4.10. The molecule has 0 bridgehead atoms. The number of nitrogens with one attached hydrogen (secondary N) is 1. The molecule has 0 spiro atoms. The highest BCUT2D eigenvalue weighted by Crippen LogP contribution is 2.34. The van der Waals surface area contributed by atoms with Gasteiger partial charge >= 0.3 is 11.8 Å². The number of anilines is 1. The second-order valence-corrected chi connectivity index (χ2v) is 6.20. The number of aryl methyl sites for hydroxylation is 1. The highest BCUT2D eigenvalue weighted by Gasteiger charge is 2.34. The molecule has 1 atom stereocenters. The van der Waals surface area contributed by atoms with E-state index in [9.17, 15) is 22.8 Å². The predicted octanol–water partition coefficient (Wildman–Crippen LogP) is 4.53. The van der Waals surface area contributed by atoms with Crippen molar-refractivity contribution in [1.29, 1.82) is 0 Å². The van der Waals surface area contributed by atoms with Crippen LogP contribution in [0.15, 0.2) is 57.7 Å². The number of carbonyl (C=O) groups is 1. The van der Waals surface area contributed by atoms with Crippen molar-refractivity contribution in [3.8, 4) is 5.75 Å². The van der Waals surface area contributed by atoms with E-state index in [0.717, 1.165) is 11.6 Å². The average molecular weight is 391 g/mol. The number of rotatable bonds is 4. The van der Waals surface area contributed by atoms with Crippen LogP contribution in [0.5, 0.6) is 5.75 Å². The molecule has 28 heavy (non-hydrogen) atoms. The molecule has 146 valence electrons. The van der Waals surface area contributed by atoms with Crippen LogP contribution >= 0.6 is 0 Å². The molecule has 1 unspecified atom stereocenters. The minimum atomic E-state index is -4.60. The molecule has 1 N–H and O–H groups in total. The summed E-state index contributed by atoms with van der Waals surface area (Å²) in [4.78, 5) is 23.8. The molecule has 0 radical (unpaired) electrons. The number of benzene rings is 2. The number of ether oxygens (including phenoxy) is 1. The SMILES string of the molecule is Cc1cc(=O)oc2cc(OC(C)C(=O)Nc3ccccc3C(F)(F)F)ccc12. The first-order valence-corrected chi connectivity index (χ1v) is 8.33. The van der Waals surface area contributed by atoms with E-state index in [1.165, 1.54) is 37.3 Å². The first-order valence-electron chi connectivity index (χ1n) is 8.33. The number of alkyl halides is 3. The normalized spacial score (nSPS) is 12.6. The molecule has 0 fully saturated rings. The monoisotopic (exact) mass is 391 g/mol. The summed E-state index contributed by atoms with van der Waals surface area (Å²) < 4.78 is 49.7. The Labute approximate surface area is 157 Å². The highest BCUT2D eigenvalue weighted by molar-refractivity contribution is 5.95. The van der Waals surface area contributed by atoms with E-state index in [1.54, 1.807) is 19.1 Å². The Morgan fingerprint density at radius 1 is 1.14 bits per heavy atom. The number of carbonyl (C=O) groups excluding carboxylic acids is 1. The van der Waals surface area contributed by atoms with Crippen molar-refractivity contribution in [2.75, 3.05) is 5.32 Å². The molecule has 0 saturated carbocycles. The third kappa shape index (κ3) is 4.16. The van der Waals surface area contributed by atoms with E-state index in [4.69, 9.17) is 9.15 Å². The standard InChI is InChI=1S/C20H16F3NO4/c1-11-9-18(25)28-17-10-13(7-8-14(11)17)27-12(2)19(26)24-16-6-4-3-5-15(16)20(21,22)23/h3-10,12H,1-2H3,(H,24,26). The Balaban J connectivity index is 1.78. The summed E-state index contributed by atoms with van der Waals surface area (Å²) >= 11 is 0. The zero-order valence-corrected chi connectivity index (χ0v) is 15.0. The van der Waals surface area contributed by atoms with Crippen LogP contribution in [0, 0.1) is 6.92 Å². The second-order valence-electron chi connectivity index (χ2n) is 6.20. The van der Waals surface area contributed by atoms with Gasteiger partial charge in [0, 0.05) is 17.5 Å². The van der Waals surface area contributed by atoms with E-state index in [0.29, 0.717) is 5.39 Å². The van der Waals surface area contributed by atoms with Gasteiger partial charge in [-0.1, -0.05) is 12.1 Å². The average Bonchev–Trinajstić information content (AvgIpc) is 2.60. The van der Waals surface area contributed by atoms with Crippen LogP contribution in [0.2, 0.25) is 0 Å². The summed E-state index contributed by atoms with van der Waals surface area (Å²) in [5.41, 5.74) is -0.796. The van der Waals surface area contributed by atoms with Crippen molar-refractivity contribution in [2.45, 2.75) is 26.1 Å². The zero-order chi connectivity index (χ0) is 20.5. The van der Waals surface area contributed by atoms with Crippen LogP contribution in [-0.4, -0.2) is 12.0 Å². The lowest BCUT2D eigenvalue weighted by molar-refractivity contribution is -0.137. The van der Waals surface area contributed by atoms with Crippen LogP contribution in [0.4, 0.5) is 18.9 Å². The number of hydrogen-bond donors (Lipinski definition) is 1. The fourth-order valence-electron chi connectivity index (χ4n) is 2.71. The van der Waals surface area contributed by atoms with Crippen LogP contribution < -0.4 is 15.7 Å². The Morgan fingerprint density at radius 3 is 2.57 bits per heavy atom. The molecule has 0 saturated heterocycles. The Bertz CT molecular complexity index is 1090. The molecule has 0 aliphatic rings. The third-order valence-corrected chi connectivity index (χ3v) is 4.10. The van der Waals surface area contributed by atoms with E-state index >= 15 is 0 Å². The maximum atomic E-state index is 13.0. The van der Waals surface area contributed by atoms with Gasteiger partial charge < -0.3 is 14.5 Å². The van der Waals surface area contributed by atoms with Crippen LogP contribution in [0.1, 0.15) is 18.1 Å². The fourth-order valence-corrected chi connectivity index (χ4v) is 2.71. The molecule has 2 aromatic carbocycles. The second kappa shape index (κ2) is 7.38. The molecule has 1 heterocycles.